The van der Waals surface area contributed by atoms with Gasteiger partial charge in [-0.3, -0.25) is 9.59 Å². The summed E-state index contributed by atoms with van der Waals surface area (Å²) in [6, 6.07) is 6.18. The minimum Gasteiger partial charge on any atom is -0.466 e. The molecule has 0 saturated carbocycles. The summed E-state index contributed by atoms with van der Waals surface area (Å²) in [5, 5.41) is 0. The molecule has 0 fully saturated rings. The molecular formula is C17H23BrO3. The molecule has 0 aromatic heterocycles. The molecule has 0 spiro atoms. The van der Waals surface area contributed by atoms with Crippen molar-refractivity contribution in [2.75, 3.05) is 6.61 Å². The fourth-order valence-electron chi connectivity index (χ4n) is 2.42. The summed E-state index contributed by atoms with van der Waals surface area (Å²) in [5.41, 5.74) is 2.33. The normalized spacial score (nSPS) is 13.6. The van der Waals surface area contributed by atoms with Gasteiger partial charge in [0.25, 0.3) is 0 Å². The largest absolute Gasteiger partial charge is 0.466 e. The maximum atomic E-state index is 11.9. The number of esters is 1. The van der Waals surface area contributed by atoms with Crippen molar-refractivity contribution in [3.05, 3.63) is 33.8 Å². The van der Waals surface area contributed by atoms with Crippen LogP contribution in [0.4, 0.5) is 0 Å². The maximum Gasteiger partial charge on any atom is 0.302 e. The van der Waals surface area contributed by atoms with Gasteiger partial charge >= 0.3 is 5.97 Å². The van der Waals surface area contributed by atoms with Crippen LogP contribution in [0, 0.1) is 18.8 Å². The molecule has 0 heterocycles. The highest BCUT2D eigenvalue weighted by molar-refractivity contribution is 9.10. The van der Waals surface area contributed by atoms with Crippen LogP contribution in [0.15, 0.2) is 22.7 Å². The molecule has 4 heteroatoms. The molecule has 1 aromatic rings. The van der Waals surface area contributed by atoms with E-state index in [0.717, 1.165) is 16.5 Å². The maximum absolute atomic E-state index is 11.9. The summed E-state index contributed by atoms with van der Waals surface area (Å²) in [4.78, 5) is 22.7. The van der Waals surface area contributed by atoms with Gasteiger partial charge in [0, 0.05) is 17.3 Å². The zero-order valence-corrected chi connectivity index (χ0v) is 14.7. The van der Waals surface area contributed by atoms with E-state index in [9.17, 15) is 9.59 Å². The van der Waals surface area contributed by atoms with Crippen LogP contribution in [-0.2, 0) is 20.7 Å². The predicted molar refractivity (Wildman–Crippen MR) is 87.2 cm³/mol. The van der Waals surface area contributed by atoms with Crippen LogP contribution < -0.4 is 0 Å². The monoisotopic (exact) mass is 354 g/mol. The van der Waals surface area contributed by atoms with Crippen LogP contribution in [0.25, 0.3) is 0 Å². The van der Waals surface area contributed by atoms with Gasteiger partial charge in [-0.05, 0) is 49.8 Å². The number of rotatable bonds is 7. The Balaban J connectivity index is 2.70. The average Bonchev–Trinajstić information content (AvgIpc) is 2.39. The van der Waals surface area contributed by atoms with E-state index in [4.69, 9.17) is 4.74 Å². The van der Waals surface area contributed by atoms with Gasteiger partial charge in [0.05, 0.1) is 6.61 Å². The van der Waals surface area contributed by atoms with Crippen LogP contribution in [0.3, 0.4) is 0 Å². The third-order valence-electron chi connectivity index (χ3n) is 3.77. The molecule has 3 nitrogen and oxygen atoms in total. The lowest BCUT2D eigenvalue weighted by molar-refractivity contribution is -0.141. The quantitative estimate of drug-likeness (QED) is 0.692. The molecule has 0 saturated heterocycles. The van der Waals surface area contributed by atoms with Crippen LogP contribution in [-0.4, -0.2) is 18.4 Å². The zero-order valence-electron chi connectivity index (χ0n) is 13.1. The number of aryl methyl sites for hydroxylation is 1. The molecule has 0 bridgehead atoms. The minimum absolute atomic E-state index is 0.0406. The standard InChI is InChI=1S/C17H23BrO3/c1-11(7-8-21-14(4)20)16(13(3)19)10-15-5-6-17(18)12(2)9-15/h5-6,9,11,16H,7-8,10H2,1-4H3. The summed E-state index contributed by atoms with van der Waals surface area (Å²) >= 11 is 3.49. The molecule has 0 N–H and O–H groups in total. The Morgan fingerprint density at radius 1 is 1.29 bits per heavy atom. The second-order valence-corrected chi connectivity index (χ2v) is 6.47. The van der Waals surface area contributed by atoms with Crippen molar-refractivity contribution in [1.82, 2.24) is 0 Å². The van der Waals surface area contributed by atoms with Crippen LogP contribution in [0.1, 0.15) is 38.3 Å². The Kier molecular flexibility index (Phi) is 7.09. The molecule has 21 heavy (non-hydrogen) atoms. The van der Waals surface area contributed by atoms with E-state index < -0.39 is 0 Å². The van der Waals surface area contributed by atoms with E-state index >= 15 is 0 Å². The number of carbonyl (C=O) groups is 2. The van der Waals surface area contributed by atoms with E-state index in [-0.39, 0.29) is 23.6 Å². The summed E-state index contributed by atoms with van der Waals surface area (Å²) in [6.45, 7) is 7.50. The first kappa shape index (κ1) is 17.9. The second kappa shape index (κ2) is 8.32. The van der Waals surface area contributed by atoms with Crippen molar-refractivity contribution in [1.29, 1.82) is 0 Å². The lowest BCUT2D eigenvalue weighted by atomic mass is 9.83. The Bertz CT molecular complexity index is 511. The molecule has 0 aliphatic carbocycles. The van der Waals surface area contributed by atoms with Gasteiger partial charge in [0.2, 0.25) is 0 Å². The molecule has 1 aromatic carbocycles. The summed E-state index contributed by atoms with van der Waals surface area (Å²) in [7, 11) is 0. The van der Waals surface area contributed by atoms with E-state index in [1.54, 1.807) is 6.92 Å². The topological polar surface area (TPSA) is 43.4 Å². The smallest absolute Gasteiger partial charge is 0.302 e. The van der Waals surface area contributed by atoms with Crippen molar-refractivity contribution in [2.45, 2.75) is 40.5 Å². The lowest BCUT2D eigenvalue weighted by Crippen LogP contribution is -2.23. The van der Waals surface area contributed by atoms with Gasteiger partial charge < -0.3 is 4.74 Å². The van der Waals surface area contributed by atoms with E-state index in [1.165, 1.54) is 12.5 Å². The SMILES string of the molecule is CC(=O)OCCC(C)C(Cc1ccc(Br)c(C)c1)C(C)=O. The summed E-state index contributed by atoms with van der Waals surface area (Å²) in [5.74, 6) is 0.0583. The zero-order chi connectivity index (χ0) is 16.0. The Morgan fingerprint density at radius 3 is 2.48 bits per heavy atom. The second-order valence-electron chi connectivity index (χ2n) is 5.61. The van der Waals surface area contributed by atoms with E-state index in [0.29, 0.717) is 13.0 Å². The molecular weight excluding hydrogens is 332 g/mol. The minimum atomic E-state index is -0.273. The first-order chi connectivity index (χ1) is 9.81. The van der Waals surface area contributed by atoms with Gasteiger partial charge in [0.15, 0.2) is 0 Å². The average molecular weight is 355 g/mol. The van der Waals surface area contributed by atoms with Gasteiger partial charge in [-0.25, -0.2) is 0 Å². The van der Waals surface area contributed by atoms with Crippen molar-refractivity contribution < 1.29 is 14.3 Å². The lowest BCUT2D eigenvalue weighted by Gasteiger charge is -2.22. The first-order valence-electron chi connectivity index (χ1n) is 7.20. The van der Waals surface area contributed by atoms with E-state index in [2.05, 4.69) is 22.0 Å². The molecule has 0 amide bonds. The number of Topliss-reactive ketones (excluding diaryl/α,β-unsaturated/α-hetero) is 1. The highest BCUT2D eigenvalue weighted by atomic mass is 79.9. The first-order valence-corrected chi connectivity index (χ1v) is 7.99. The van der Waals surface area contributed by atoms with Crippen LogP contribution >= 0.6 is 15.9 Å². The van der Waals surface area contributed by atoms with Crippen molar-refractivity contribution in [3.8, 4) is 0 Å². The van der Waals surface area contributed by atoms with Gasteiger partial charge in [-0.2, -0.15) is 0 Å². The predicted octanol–water partition coefficient (Wildman–Crippen LogP) is 4.09. The number of hydrogen-bond donors (Lipinski definition) is 0. The van der Waals surface area contributed by atoms with Crippen molar-refractivity contribution in [3.63, 3.8) is 0 Å². The van der Waals surface area contributed by atoms with E-state index in [1.807, 2.05) is 26.0 Å². The highest BCUT2D eigenvalue weighted by Crippen LogP contribution is 2.24. The highest BCUT2D eigenvalue weighted by Gasteiger charge is 2.22. The molecule has 0 radical (unpaired) electrons. The summed E-state index contributed by atoms with van der Waals surface area (Å²) in [6.07, 6.45) is 1.43. The van der Waals surface area contributed by atoms with Crippen molar-refractivity contribution >= 4 is 27.7 Å². The third-order valence-corrected chi connectivity index (χ3v) is 4.66. The number of carbonyl (C=O) groups excluding carboxylic acids is 2. The third kappa shape index (κ3) is 6.00. The molecule has 116 valence electrons. The van der Waals surface area contributed by atoms with Gasteiger partial charge in [-0.15, -0.1) is 0 Å². The molecule has 0 aliphatic heterocycles. The fraction of sp³-hybridized carbons (Fsp3) is 0.529. The van der Waals surface area contributed by atoms with Gasteiger partial charge in [0.1, 0.15) is 5.78 Å². The number of benzene rings is 1. The number of ketones is 1. The molecule has 1 rings (SSSR count). The number of ether oxygens (including phenoxy) is 1. The van der Waals surface area contributed by atoms with Crippen molar-refractivity contribution in [2.24, 2.45) is 11.8 Å². The fourth-order valence-corrected chi connectivity index (χ4v) is 2.67. The molecule has 0 aliphatic rings. The molecule has 2 atom stereocenters. The Hall–Kier alpha value is -1.16. The summed E-state index contributed by atoms with van der Waals surface area (Å²) < 4.78 is 6.05. The van der Waals surface area contributed by atoms with Crippen LogP contribution in [0.5, 0.6) is 0 Å². The Labute approximate surface area is 135 Å². The number of halogens is 1. The van der Waals surface area contributed by atoms with Crippen LogP contribution in [0.2, 0.25) is 0 Å². The number of hydrogen-bond acceptors (Lipinski definition) is 3. The van der Waals surface area contributed by atoms with Gasteiger partial charge in [-0.1, -0.05) is 35.0 Å². The molecule has 2 unspecified atom stereocenters. The Morgan fingerprint density at radius 2 is 1.95 bits per heavy atom.